The highest BCUT2D eigenvalue weighted by atomic mass is 32.2. The molecule has 184 valence electrons. The number of para-hydroxylation sites is 1. The smallest absolute Gasteiger partial charge is 0.340 e. The summed E-state index contributed by atoms with van der Waals surface area (Å²) in [5.74, 6) is 0.739. The Labute approximate surface area is 204 Å². The Bertz CT molecular complexity index is 1020. The number of carbonyl (C=O) groups excluding carboxylic acids is 1. The van der Waals surface area contributed by atoms with Crippen LogP contribution < -0.4 is 4.90 Å². The van der Waals surface area contributed by atoms with E-state index in [9.17, 15) is 18.0 Å². The number of carbonyl (C=O) groups is 1. The molecule has 0 aliphatic carbocycles. The Morgan fingerprint density at radius 3 is 2.41 bits per heavy atom. The van der Waals surface area contributed by atoms with E-state index in [1.165, 1.54) is 23.9 Å². The lowest BCUT2D eigenvalue weighted by molar-refractivity contribution is -0.137. The number of hydrogen-bond donors (Lipinski definition) is 0. The van der Waals surface area contributed by atoms with Crippen LogP contribution in [0.3, 0.4) is 0 Å². The van der Waals surface area contributed by atoms with Gasteiger partial charge >= 0.3 is 6.18 Å². The van der Waals surface area contributed by atoms with Gasteiger partial charge in [0, 0.05) is 29.4 Å². The molecule has 1 fully saturated rings. The minimum Gasteiger partial charge on any atom is -0.340 e. The van der Waals surface area contributed by atoms with Crippen molar-refractivity contribution >= 4 is 28.9 Å². The second-order valence-electron chi connectivity index (χ2n) is 9.47. The Balaban J connectivity index is 1.42. The van der Waals surface area contributed by atoms with Crippen LogP contribution in [-0.4, -0.2) is 55.5 Å². The number of rotatable bonds is 7. The fraction of sp³-hybridized carbons (Fsp3) is 0.500. The fourth-order valence-corrected chi connectivity index (χ4v) is 6.29. The van der Waals surface area contributed by atoms with Crippen molar-refractivity contribution in [3.05, 3.63) is 48.0 Å². The standard InChI is InChI=1S/C26H32F3N3OS/c1-18(33)25(30(2)3)31-15-12-19(13-16-31)7-6-14-32-21-8-4-5-9-23(21)34-24-11-10-20(17-22(24)32)26(27,28)29/h4-5,8-11,17,19,25H,6-7,12-16H2,1-3H3. The maximum absolute atomic E-state index is 13.4. The van der Waals surface area contributed by atoms with E-state index in [2.05, 4.69) is 9.80 Å². The first-order valence-electron chi connectivity index (χ1n) is 11.8. The Morgan fingerprint density at radius 2 is 1.76 bits per heavy atom. The summed E-state index contributed by atoms with van der Waals surface area (Å²) in [6.45, 7) is 4.12. The Kier molecular flexibility index (Phi) is 7.60. The van der Waals surface area contributed by atoms with Crippen molar-refractivity contribution in [3.63, 3.8) is 0 Å². The van der Waals surface area contributed by atoms with Crippen molar-refractivity contribution in [1.82, 2.24) is 9.80 Å². The molecule has 0 N–H and O–H groups in total. The fourth-order valence-electron chi connectivity index (χ4n) is 5.22. The van der Waals surface area contributed by atoms with Crippen molar-refractivity contribution < 1.29 is 18.0 Å². The third-order valence-corrected chi connectivity index (χ3v) is 7.93. The number of ketones is 1. The molecule has 2 heterocycles. The van der Waals surface area contributed by atoms with E-state index in [0.29, 0.717) is 18.2 Å². The summed E-state index contributed by atoms with van der Waals surface area (Å²) in [6.07, 6.45) is -0.509. The summed E-state index contributed by atoms with van der Waals surface area (Å²) in [5, 5.41) is 0. The number of alkyl halides is 3. The molecular weight excluding hydrogens is 459 g/mol. The minimum absolute atomic E-state index is 0.164. The number of hydrogen-bond acceptors (Lipinski definition) is 5. The average Bonchev–Trinajstić information content (AvgIpc) is 2.78. The maximum atomic E-state index is 13.4. The zero-order valence-corrected chi connectivity index (χ0v) is 20.8. The number of nitrogens with zero attached hydrogens (tertiary/aromatic N) is 3. The molecule has 2 aliphatic heterocycles. The highest BCUT2D eigenvalue weighted by Crippen LogP contribution is 2.49. The van der Waals surface area contributed by atoms with Gasteiger partial charge in [-0.1, -0.05) is 23.9 Å². The van der Waals surface area contributed by atoms with Gasteiger partial charge in [0.1, 0.15) is 6.17 Å². The van der Waals surface area contributed by atoms with Gasteiger partial charge in [-0.25, -0.2) is 0 Å². The highest BCUT2D eigenvalue weighted by molar-refractivity contribution is 7.99. The van der Waals surface area contributed by atoms with E-state index in [-0.39, 0.29) is 11.9 Å². The Morgan fingerprint density at radius 1 is 1.09 bits per heavy atom. The molecule has 1 atom stereocenters. The molecule has 0 radical (unpaired) electrons. The van der Waals surface area contributed by atoms with Gasteiger partial charge in [0.25, 0.3) is 0 Å². The quantitative estimate of drug-likeness (QED) is 0.455. The molecule has 0 amide bonds. The van der Waals surface area contributed by atoms with Crippen LogP contribution in [0.2, 0.25) is 0 Å². The van der Waals surface area contributed by atoms with Gasteiger partial charge in [0.2, 0.25) is 0 Å². The molecule has 34 heavy (non-hydrogen) atoms. The molecule has 0 spiro atoms. The van der Waals surface area contributed by atoms with Crippen LogP contribution >= 0.6 is 11.8 Å². The predicted molar refractivity (Wildman–Crippen MR) is 131 cm³/mol. The van der Waals surface area contributed by atoms with Gasteiger partial charge < -0.3 is 4.90 Å². The summed E-state index contributed by atoms with van der Waals surface area (Å²) < 4.78 is 40.2. The predicted octanol–water partition coefficient (Wildman–Crippen LogP) is 6.28. The van der Waals surface area contributed by atoms with Crippen LogP contribution in [0.25, 0.3) is 0 Å². The first-order valence-corrected chi connectivity index (χ1v) is 12.6. The van der Waals surface area contributed by atoms with E-state index in [1.807, 2.05) is 43.3 Å². The molecule has 2 aromatic carbocycles. The number of fused-ring (bicyclic) bond motifs is 2. The molecule has 1 saturated heterocycles. The second kappa shape index (κ2) is 10.3. The number of likely N-dealkylation sites (tertiary alicyclic amines) is 1. The van der Waals surface area contributed by atoms with Crippen molar-refractivity contribution in [2.45, 2.75) is 54.7 Å². The number of halogens is 3. The summed E-state index contributed by atoms with van der Waals surface area (Å²) in [4.78, 5) is 20.3. The third-order valence-electron chi connectivity index (χ3n) is 6.79. The number of piperidine rings is 1. The number of anilines is 2. The summed E-state index contributed by atoms with van der Waals surface area (Å²) in [6, 6.07) is 12.0. The highest BCUT2D eigenvalue weighted by Gasteiger charge is 2.33. The van der Waals surface area contributed by atoms with E-state index in [1.54, 1.807) is 13.0 Å². The molecule has 2 aromatic rings. The average molecular weight is 492 g/mol. The molecule has 8 heteroatoms. The molecule has 0 aromatic heterocycles. The lowest BCUT2D eigenvalue weighted by atomic mass is 9.91. The van der Waals surface area contributed by atoms with Crippen LogP contribution in [-0.2, 0) is 11.0 Å². The van der Waals surface area contributed by atoms with Gasteiger partial charge in [0.15, 0.2) is 5.78 Å². The zero-order chi connectivity index (χ0) is 24.5. The van der Waals surface area contributed by atoms with Gasteiger partial charge in [-0.05, 0) is 83.0 Å². The number of likely N-dealkylation sites (N-methyl/N-ethyl adjacent to an activating group) is 1. The zero-order valence-electron chi connectivity index (χ0n) is 19.9. The molecule has 2 aliphatic rings. The first-order chi connectivity index (χ1) is 16.1. The van der Waals surface area contributed by atoms with Crippen molar-refractivity contribution in [2.24, 2.45) is 5.92 Å². The lowest BCUT2D eigenvalue weighted by Gasteiger charge is -2.39. The maximum Gasteiger partial charge on any atom is 0.416 e. The van der Waals surface area contributed by atoms with Gasteiger partial charge in [-0.3, -0.25) is 14.6 Å². The second-order valence-corrected chi connectivity index (χ2v) is 10.6. The van der Waals surface area contributed by atoms with Crippen molar-refractivity contribution in [3.8, 4) is 0 Å². The van der Waals surface area contributed by atoms with E-state index < -0.39 is 11.7 Å². The molecular formula is C26H32F3N3OS. The topological polar surface area (TPSA) is 26.8 Å². The third kappa shape index (κ3) is 5.44. The SMILES string of the molecule is CC(=O)C(N(C)C)N1CCC(CCCN2c3ccccc3Sc3ccc(C(F)(F)F)cc32)CC1. The van der Waals surface area contributed by atoms with Gasteiger partial charge in [0.05, 0.1) is 16.9 Å². The van der Waals surface area contributed by atoms with Crippen LogP contribution in [0.15, 0.2) is 52.3 Å². The molecule has 4 rings (SSSR count). The van der Waals surface area contributed by atoms with Crippen LogP contribution in [0, 0.1) is 5.92 Å². The summed E-state index contributed by atoms with van der Waals surface area (Å²) in [5.41, 5.74) is 1.01. The van der Waals surface area contributed by atoms with E-state index >= 15 is 0 Å². The lowest BCUT2D eigenvalue weighted by Crippen LogP contribution is -2.52. The largest absolute Gasteiger partial charge is 0.416 e. The molecule has 0 saturated carbocycles. The van der Waals surface area contributed by atoms with Crippen molar-refractivity contribution in [2.75, 3.05) is 38.6 Å². The normalized spacial score (nSPS) is 18.0. The molecule has 4 nitrogen and oxygen atoms in total. The summed E-state index contributed by atoms with van der Waals surface area (Å²) >= 11 is 1.53. The number of Topliss-reactive ketones (excluding diaryl/α,β-unsaturated/α-hetero) is 1. The van der Waals surface area contributed by atoms with Crippen LogP contribution in [0.5, 0.6) is 0 Å². The van der Waals surface area contributed by atoms with E-state index in [4.69, 9.17) is 0 Å². The van der Waals surface area contributed by atoms with E-state index in [0.717, 1.165) is 54.3 Å². The van der Waals surface area contributed by atoms with Gasteiger partial charge in [-0.2, -0.15) is 13.2 Å². The number of benzene rings is 2. The Hall–Kier alpha value is -2.03. The summed E-state index contributed by atoms with van der Waals surface area (Å²) in [7, 11) is 3.88. The molecule has 1 unspecified atom stereocenters. The molecule has 0 bridgehead atoms. The monoisotopic (exact) mass is 491 g/mol. The van der Waals surface area contributed by atoms with Gasteiger partial charge in [-0.15, -0.1) is 0 Å². The van der Waals surface area contributed by atoms with Crippen LogP contribution in [0.4, 0.5) is 24.5 Å². The minimum atomic E-state index is -4.36. The van der Waals surface area contributed by atoms with Crippen LogP contribution in [0.1, 0.15) is 38.2 Å². The van der Waals surface area contributed by atoms with Crippen molar-refractivity contribution in [1.29, 1.82) is 0 Å². The first kappa shape index (κ1) is 25.1.